The van der Waals surface area contributed by atoms with Crippen LogP contribution in [-0.2, 0) is 4.79 Å². The first-order chi connectivity index (χ1) is 17.9. The number of aromatic nitrogens is 3. The number of hydrogen-bond acceptors (Lipinski definition) is 7. The van der Waals surface area contributed by atoms with Gasteiger partial charge in [0.15, 0.2) is 5.65 Å². The Balaban J connectivity index is 1.47. The van der Waals surface area contributed by atoms with E-state index in [4.69, 9.17) is 10.1 Å². The van der Waals surface area contributed by atoms with Crippen molar-refractivity contribution in [1.29, 1.82) is 0 Å². The van der Waals surface area contributed by atoms with Crippen molar-refractivity contribution in [3.8, 4) is 0 Å². The lowest BCUT2D eigenvalue weighted by Gasteiger charge is -2.38. The number of halogens is 2. The van der Waals surface area contributed by atoms with E-state index in [1.165, 1.54) is 6.92 Å². The van der Waals surface area contributed by atoms with Gasteiger partial charge < -0.3 is 15.1 Å². The quantitative estimate of drug-likeness (QED) is 0.222. The van der Waals surface area contributed by atoms with Crippen LogP contribution in [0.3, 0.4) is 0 Å². The Morgan fingerprint density at radius 3 is 2.78 bits per heavy atom. The summed E-state index contributed by atoms with van der Waals surface area (Å²) in [6, 6.07) is 8.84. The fourth-order valence-electron chi connectivity index (χ4n) is 5.37. The molecular formula is C26H31I2N7OS. The lowest BCUT2D eigenvalue weighted by molar-refractivity contribution is -0.114. The molecular weight excluding hydrogens is 712 g/mol. The first kappa shape index (κ1) is 27.0. The first-order valence-corrected chi connectivity index (χ1v) is 17.0. The second-order valence-corrected chi connectivity index (χ2v) is 12.3. The number of rotatable bonds is 7. The van der Waals surface area contributed by atoms with Crippen LogP contribution in [0.15, 0.2) is 41.9 Å². The number of fused-ring (bicyclic) bond motifs is 1. The van der Waals surface area contributed by atoms with Crippen LogP contribution in [0.5, 0.6) is 0 Å². The Morgan fingerprint density at radius 2 is 2.05 bits per heavy atom. The smallest absolute Gasteiger partial charge is 0.221 e. The summed E-state index contributed by atoms with van der Waals surface area (Å²) in [5.74, 6) is 0.960. The fraction of sp³-hybridized carbons (Fsp3) is 0.423. The van der Waals surface area contributed by atoms with Crippen molar-refractivity contribution in [3.05, 3.63) is 53.9 Å². The number of aryl methyl sites for hydroxylation is 1. The van der Waals surface area contributed by atoms with E-state index in [0.29, 0.717) is 6.04 Å². The van der Waals surface area contributed by atoms with Gasteiger partial charge in [0.1, 0.15) is 5.82 Å². The van der Waals surface area contributed by atoms with E-state index in [9.17, 15) is 4.79 Å². The maximum atomic E-state index is 11.9. The minimum Gasteiger partial charge on any atom is -0.363 e. The third-order valence-corrected chi connectivity index (χ3v) is 10.00. The minimum atomic E-state index is -0.0877. The van der Waals surface area contributed by atoms with Gasteiger partial charge in [-0.05, 0) is 50.8 Å². The third-order valence-electron chi connectivity index (χ3n) is 7.16. The van der Waals surface area contributed by atoms with Gasteiger partial charge in [0.05, 0.1) is 17.4 Å². The molecule has 2 fully saturated rings. The average Bonchev–Trinajstić information content (AvgIpc) is 3.54. The van der Waals surface area contributed by atoms with Crippen LogP contribution in [0, 0.1) is 6.92 Å². The van der Waals surface area contributed by atoms with Crippen molar-refractivity contribution in [3.63, 3.8) is 0 Å². The standard InChI is InChI=1S/C26H31I2N7OS/c1-16-14-35-25(30-26(16)33-11-9-19(15-33)31-27)13-23(32-35)24-6-4-5-10-34(24)17(2)21-12-20(37-28)7-8-22(21)29-18(3)36/h7-8,12-14,19,24,31H,2,4-6,9-11,15H2,1,3H3,(H,29,36)/t19-,24-/m0/s1. The number of nitrogens with zero attached hydrogens (tertiary/aromatic N) is 5. The molecule has 1 aromatic carbocycles. The van der Waals surface area contributed by atoms with E-state index in [1.807, 2.05) is 16.6 Å². The molecule has 0 spiro atoms. The summed E-state index contributed by atoms with van der Waals surface area (Å²) >= 11 is 4.53. The molecule has 0 bridgehead atoms. The number of carbonyl (C=O) groups is 1. The summed E-state index contributed by atoms with van der Waals surface area (Å²) in [4.78, 5) is 22.8. The van der Waals surface area contributed by atoms with Gasteiger partial charge in [0.25, 0.3) is 0 Å². The molecule has 0 saturated carbocycles. The molecule has 11 heteroatoms. The van der Waals surface area contributed by atoms with Crippen LogP contribution in [0.4, 0.5) is 11.5 Å². The Hall–Kier alpha value is -1.58. The predicted octanol–water partition coefficient (Wildman–Crippen LogP) is 6.15. The van der Waals surface area contributed by atoms with Crippen LogP contribution in [0.2, 0.25) is 0 Å². The number of piperidine rings is 1. The van der Waals surface area contributed by atoms with Gasteiger partial charge in [0.2, 0.25) is 5.91 Å². The number of carbonyl (C=O) groups excluding carboxylic acids is 1. The highest BCUT2D eigenvalue weighted by Crippen LogP contribution is 2.40. The van der Waals surface area contributed by atoms with Gasteiger partial charge in [-0.15, -0.1) is 0 Å². The fourth-order valence-corrected chi connectivity index (χ4v) is 6.98. The van der Waals surface area contributed by atoms with Crippen LogP contribution in [0.1, 0.15) is 55.5 Å². The Labute approximate surface area is 248 Å². The monoisotopic (exact) mass is 743 g/mol. The normalized spacial score (nSPS) is 20.0. The molecule has 2 saturated heterocycles. The molecule has 2 N–H and O–H groups in total. The summed E-state index contributed by atoms with van der Waals surface area (Å²) in [5.41, 5.74) is 5.68. The van der Waals surface area contributed by atoms with Crippen LogP contribution >= 0.6 is 53.0 Å². The molecule has 5 rings (SSSR count). The highest BCUT2D eigenvalue weighted by atomic mass is 127. The van der Waals surface area contributed by atoms with E-state index in [2.05, 4.69) is 94.5 Å². The second-order valence-electron chi connectivity index (χ2n) is 9.78. The van der Waals surface area contributed by atoms with Crippen LogP contribution in [0.25, 0.3) is 11.3 Å². The summed E-state index contributed by atoms with van der Waals surface area (Å²) in [7, 11) is 1.65. The highest BCUT2D eigenvalue weighted by Gasteiger charge is 2.30. The van der Waals surface area contributed by atoms with Crippen molar-refractivity contribution in [1.82, 2.24) is 23.0 Å². The molecule has 196 valence electrons. The summed E-state index contributed by atoms with van der Waals surface area (Å²) in [5, 5.41) is 7.98. The lowest BCUT2D eigenvalue weighted by Crippen LogP contribution is -2.32. The molecule has 0 aliphatic carbocycles. The number of hydrogen-bond donors (Lipinski definition) is 2. The molecule has 2 aliphatic rings. The van der Waals surface area contributed by atoms with E-state index in [0.717, 1.165) is 89.9 Å². The maximum absolute atomic E-state index is 11.9. The SMILES string of the molecule is C=C(c1cc(SI)ccc1NC(C)=O)N1CCCC[C@H]1c1cc2nc(N3CC[C@H](NI)C3)c(C)cn2n1. The molecule has 2 aromatic heterocycles. The molecule has 2 aliphatic heterocycles. The lowest BCUT2D eigenvalue weighted by atomic mass is 9.96. The molecule has 8 nitrogen and oxygen atoms in total. The van der Waals surface area contributed by atoms with E-state index < -0.39 is 0 Å². The van der Waals surface area contributed by atoms with Gasteiger partial charge >= 0.3 is 0 Å². The van der Waals surface area contributed by atoms with Crippen molar-refractivity contribution in [2.45, 2.75) is 56.5 Å². The van der Waals surface area contributed by atoms with Crippen molar-refractivity contribution < 1.29 is 4.79 Å². The zero-order valence-corrected chi connectivity index (χ0v) is 26.1. The number of amides is 1. The largest absolute Gasteiger partial charge is 0.363 e. The first-order valence-electron chi connectivity index (χ1n) is 12.5. The maximum Gasteiger partial charge on any atom is 0.221 e. The topological polar surface area (TPSA) is 77.8 Å². The Kier molecular flexibility index (Phi) is 8.51. The van der Waals surface area contributed by atoms with Gasteiger partial charge in [-0.3, -0.25) is 8.32 Å². The number of likely N-dealkylation sites (tertiary alicyclic amines) is 1. The van der Waals surface area contributed by atoms with Gasteiger partial charge in [-0.2, -0.15) is 5.10 Å². The van der Waals surface area contributed by atoms with Crippen molar-refractivity contribution >= 4 is 81.8 Å². The Morgan fingerprint density at radius 1 is 1.22 bits per heavy atom. The number of benzene rings is 1. The van der Waals surface area contributed by atoms with Gasteiger partial charge in [-0.25, -0.2) is 9.50 Å². The van der Waals surface area contributed by atoms with E-state index in [-0.39, 0.29) is 11.9 Å². The molecule has 0 unspecified atom stereocenters. The summed E-state index contributed by atoms with van der Waals surface area (Å²) in [6.45, 7) is 11.0. The molecule has 0 radical (unpaired) electrons. The Bertz CT molecular complexity index is 1330. The molecule has 3 aromatic rings. The number of nitrogens with one attached hydrogen (secondary N) is 2. The van der Waals surface area contributed by atoms with Gasteiger partial charge in [0, 0.05) is 111 Å². The third kappa shape index (κ3) is 5.74. The molecule has 2 atom stereocenters. The molecule has 4 heterocycles. The zero-order valence-electron chi connectivity index (χ0n) is 21.0. The predicted molar refractivity (Wildman–Crippen MR) is 168 cm³/mol. The summed E-state index contributed by atoms with van der Waals surface area (Å²) < 4.78 is 5.28. The van der Waals surface area contributed by atoms with Gasteiger partial charge in [-0.1, -0.05) is 15.5 Å². The zero-order chi connectivity index (χ0) is 26.1. The van der Waals surface area contributed by atoms with Crippen LogP contribution in [-0.4, -0.2) is 51.1 Å². The van der Waals surface area contributed by atoms with Crippen molar-refractivity contribution in [2.24, 2.45) is 0 Å². The average molecular weight is 743 g/mol. The summed E-state index contributed by atoms with van der Waals surface area (Å²) in [6.07, 6.45) is 6.46. The minimum absolute atomic E-state index is 0.0877. The van der Waals surface area contributed by atoms with Crippen molar-refractivity contribution in [2.75, 3.05) is 29.9 Å². The highest BCUT2D eigenvalue weighted by molar-refractivity contribution is 14.2. The number of anilines is 2. The molecule has 37 heavy (non-hydrogen) atoms. The molecule has 1 amide bonds. The van der Waals surface area contributed by atoms with E-state index >= 15 is 0 Å². The van der Waals surface area contributed by atoms with E-state index in [1.54, 1.807) is 8.93 Å². The second kappa shape index (κ2) is 11.7. The van der Waals surface area contributed by atoms with Crippen LogP contribution < -0.4 is 13.7 Å².